The summed E-state index contributed by atoms with van der Waals surface area (Å²) in [6.45, 7) is 0. The van der Waals surface area contributed by atoms with Gasteiger partial charge >= 0.3 is 0 Å². The van der Waals surface area contributed by atoms with Gasteiger partial charge in [0, 0.05) is 11.5 Å². The molecule has 1 atom stereocenters. The van der Waals surface area contributed by atoms with Crippen LogP contribution in [0.25, 0.3) is 0 Å². The number of carbonyl (C=O) groups is 1. The topological polar surface area (TPSA) is 17.1 Å². The Morgan fingerprint density at radius 3 is 2.63 bits per heavy atom. The highest BCUT2D eigenvalue weighted by Gasteiger charge is 2.27. The van der Waals surface area contributed by atoms with Crippen molar-refractivity contribution in [1.82, 2.24) is 0 Å². The summed E-state index contributed by atoms with van der Waals surface area (Å²) in [5.74, 6) is -0.147. The highest BCUT2D eigenvalue weighted by atomic mass is 19.1. The molecule has 0 unspecified atom stereocenters. The van der Waals surface area contributed by atoms with Gasteiger partial charge in [0.25, 0.3) is 0 Å². The third-order valence-corrected chi connectivity index (χ3v) is 3.84. The molecule has 3 rings (SSSR count). The Kier molecular flexibility index (Phi) is 3.16. The van der Waals surface area contributed by atoms with Crippen molar-refractivity contribution in [1.29, 1.82) is 0 Å². The van der Waals surface area contributed by atoms with Gasteiger partial charge in [-0.2, -0.15) is 0 Å². The number of carbonyl (C=O) groups excluding carboxylic acids is 1. The zero-order chi connectivity index (χ0) is 13.2. The fourth-order valence-corrected chi connectivity index (χ4v) is 2.78. The van der Waals surface area contributed by atoms with Gasteiger partial charge in [0.1, 0.15) is 5.82 Å². The van der Waals surface area contributed by atoms with Gasteiger partial charge in [-0.1, -0.05) is 42.5 Å². The molecule has 0 saturated heterocycles. The van der Waals surface area contributed by atoms with Crippen LogP contribution < -0.4 is 0 Å². The molecule has 0 heterocycles. The van der Waals surface area contributed by atoms with Gasteiger partial charge in [0.05, 0.1) is 0 Å². The van der Waals surface area contributed by atoms with E-state index in [-0.39, 0.29) is 17.5 Å². The summed E-state index contributed by atoms with van der Waals surface area (Å²) in [7, 11) is 0. The van der Waals surface area contributed by atoms with Crippen LogP contribution in [0.15, 0.2) is 48.5 Å². The van der Waals surface area contributed by atoms with Crippen LogP contribution in [0.4, 0.5) is 4.39 Å². The maximum absolute atomic E-state index is 13.7. The van der Waals surface area contributed by atoms with Crippen LogP contribution in [-0.2, 0) is 12.8 Å². The molecule has 0 saturated carbocycles. The van der Waals surface area contributed by atoms with E-state index in [2.05, 4.69) is 0 Å². The van der Waals surface area contributed by atoms with Crippen LogP contribution >= 0.6 is 0 Å². The van der Waals surface area contributed by atoms with Crippen molar-refractivity contribution in [3.63, 3.8) is 0 Å². The Bertz CT molecular complexity index is 618. The molecule has 1 aliphatic carbocycles. The molecule has 96 valence electrons. The summed E-state index contributed by atoms with van der Waals surface area (Å²) in [6, 6.07) is 14.5. The molecule has 0 bridgehead atoms. The van der Waals surface area contributed by atoms with E-state index in [4.69, 9.17) is 0 Å². The lowest BCUT2D eigenvalue weighted by atomic mass is 9.80. The normalized spacial score (nSPS) is 18.2. The minimum Gasteiger partial charge on any atom is -0.294 e. The number of hydrogen-bond acceptors (Lipinski definition) is 1. The van der Waals surface area contributed by atoms with Crippen molar-refractivity contribution in [3.05, 3.63) is 71.0 Å². The van der Waals surface area contributed by atoms with Gasteiger partial charge < -0.3 is 0 Å². The molecule has 0 fully saturated rings. The first kappa shape index (κ1) is 12.1. The first-order valence-electron chi connectivity index (χ1n) is 6.61. The van der Waals surface area contributed by atoms with Gasteiger partial charge in [-0.25, -0.2) is 4.39 Å². The molecule has 2 aromatic rings. The van der Waals surface area contributed by atoms with E-state index in [1.54, 1.807) is 12.1 Å². The highest BCUT2D eigenvalue weighted by Crippen LogP contribution is 2.28. The summed E-state index contributed by atoms with van der Waals surface area (Å²) in [5.41, 5.74) is 2.58. The van der Waals surface area contributed by atoms with E-state index in [0.717, 1.165) is 24.0 Å². The largest absolute Gasteiger partial charge is 0.294 e. The van der Waals surface area contributed by atoms with Gasteiger partial charge in [-0.15, -0.1) is 0 Å². The van der Waals surface area contributed by atoms with Gasteiger partial charge in [0.15, 0.2) is 5.78 Å². The Balaban J connectivity index is 1.85. The maximum atomic E-state index is 13.7. The van der Waals surface area contributed by atoms with Crippen LogP contribution in [0.2, 0.25) is 0 Å². The average Bonchev–Trinajstić information content (AvgIpc) is 2.44. The second-order valence-corrected chi connectivity index (χ2v) is 5.05. The van der Waals surface area contributed by atoms with Crippen LogP contribution in [0.1, 0.15) is 27.9 Å². The number of fused-ring (bicyclic) bond motifs is 1. The summed E-state index contributed by atoms with van der Waals surface area (Å²) < 4.78 is 13.7. The number of Topliss-reactive ketones (excluding diaryl/α,β-unsaturated/α-hetero) is 1. The summed E-state index contributed by atoms with van der Waals surface area (Å²) in [4.78, 5) is 12.4. The third kappa shape index (κ3) is 2.30. The minimum atomic E-state index is -0.214. The number of benzene rings is 2. The minimum absolute atomic E-state index is 0.0909. The molecule has 0 amide bonds. The fraction of sp³-hybridized carbons (Fsp3) is 0.235. The number of ketones is 1. The Morgan fingerprint density at radius 1 is 1.05 bits per heavy atom. The average molecular weight is 254 g/mol. The zero-order valence-corrected chi connectivity index (χ0v) is 10.6. The first-order chi connectivity index (χ1) is 9.25. The van der Waals surface area contributed by atoms with Gasteiger partial charge in [0.2, 0.25) is 0 Å². The molecule has 0 aromatic heterocycles. The van der Waals surface area contributed by atoms with Crippen molar-refractivity contribution in [2.45, 2.75) is 19.3 Å². The molecule has 0 radical (unpaired) electrons. The fourth-order valence-electron chi connectivity index (χ4n) is 2.78. The lowest BCUT2D eigenvalue weighted by molar-refractivity contribution is 0.0901. The molecule has 2 heteroatoms. The predicted molar refractivity (Wildman–Crippen MR) is 72.7 cm³/mol. The van der Waals surface area contributed by atoms with E-state index in [1.807, 2.05) is 30.3 Å². The predicted octanol–water partition coefficient (Wildman–Crippen LogP) is 3.81. The van der Waals surface area contributed by atoms with Crippen LogP contribution in [0.5, 0.6) is 0 Å². The second kappa shape index (κ2) is 4.96. The number of halogens is 1. The van der Waals surface area contributed by atoms with E-state index in [0.29, 0.717) is 12.0 Å². The standard InChI is InChI=1S/C17H15FO/c18-16-8-4-2-6-13(16)11-14-10-9-12-5-1-3-7-15(12)17(14)19/h1-8,14H,9-11H2/t14-/m0/s1. The van der Waals surface area contributed by atoms with E-state index in [9.17, 15) is 9.18 Å². The quantitative estimate of drug-likeness (QED) is 0.796. The molecule has 0 spiro atoms. The summed E-state index contributed by atoms with van der Waals surface area (Å²) in [6.07, 6.45) is 2.21. The van der Waals surface area contributed by atoms with E-state index >= 15 is 0 Å². The van der Waals surface area contributed by atoms with Crippen molar-refractivity contribution >= 4 is 5.78 Å². The van der Waals surface area contributed by atoms with Crippen molar-refractivity contribution in [2.24, 2.45) is 5.92 Å². The Labute approximate surface area is 112 Å². The smallest absolute Gasteiger partial charge is 0.166 e. The Morgan fingerprint density at radius 2 is 1.79 bits per heavy atom. The van der Waals surface area contributed by atoms with Crippen LogP contribution in [-0.4, -0.2) is 5.78 Å². The number of hydrogen-bond donors (Lipinski definition) is 0. The Hall–Kier alpha value is -1.96. The molecule has 1 nitrogen and oxygen atoms in total. The van der Waals surface area contributed by atoms with Gasteiger partial charge in [-0.3, -0.25) is 4.79 Å². The lowest BCUT2D eigenvalue weighted by Crippen LogP contribution is -2.24. The van der Waals surface area contributed by atoms with E-state index < -0.39 is 0 Å². The second-order valence-electron chi connectivity index (χ2n) is 5.05. The van der Waals surface area contributed by atoms with Crippen molar-refractivity contribution < 1.29 is 9.18 Å². The maximum Gasteiger partial charge on any atom is 0.166 e. The molecule has 0 N–H and O–H groups in total. The first-order valence-corrected chi connectivity index (χ1v) is 6.61. The number of aryl methyl sites for hydroxylation is 1. The molecule has 1 aliphatic rings. The molecule has 19 heavy (non-hydrogen) atoms. The monoisotopic (exact) mass is 254 g/mol. The van der Waals surface area contributed by atoms with Crippen molar-refractivity contribution in [3.8, 4) is 0 Å². The molecule has 0 aliphatic heterocycles. The summed E-state index contributed by atoms with van der Waals surface area (Å²) in [5, 5.41) is 0. The van der Waals surface area contributed by atoms with Gasteiger partial charge in [-0.05, 0) is 36.5 Å². The van der Waals surface area contributed by atoms with Crippen LogP contribution in [0.3, 0.4) is 0 Å². The summed E-state index contributed by atoms with van der Waals surface area (Å²) >= 11 is 0. The SMILES string of the molecule is O=C1c2ccccc2CC[C@H]1Cc1ccccc1F. The molecular formula is C17H15FO. The van der Waals surface area contributed by atoms with E-state index in [1.165, 1.54) is 6.07 Å². The zero-order valence-electron chi connectivity index (χ0n) is 10.6. The molecular weight excluding hydrogens is 239 g/mol. The lowest BCUT2D eigenvalue weighted by Gasteiger charge is -2.23. The van der Waals surface area contributed by atoms with Crippen molar-refractivity contribution in [2.75, 3.05) is 0 Å². The van der Waals surface area contributed by atoms with Crippen LogP contribution in [0, 0.1) is 11.7 Å². The number of rotatable bonds is 2. The molecule has 2 aromatic carbocycles. The third-order valence-electron chi connectivity index (χ3n) is 3.84. The highest BCUT2D eigenvalue weighted by molar-refractivity contribution is 6.00.